The lowest BCUT2D eigenvalue weighted by molar-refractivity contribution is -0.137. The number of halogens is 3. The van der Waals surface area contributed by atoms with Crippen LogP contribution in [0.3, 0.4) is 0 Å². The second kappa shape index (κ2) is 6.61. The lowest BCUT2D eigenvalue weighted by Crippen LogP contribution is -2.22. The van der Waals surface area contributed by atoms with E-state index in [1.165, 1.54) is 12.1 Å². The molecular weight excluding hydrogens is 247 g/mol. The zero-order valence-corrected chi connectivity index (χ0v) is 9.78. The Morgan fingerprint density at radius 1 is 1.33 bits per heavy atom. The molecule has 0 radical (unpaired) electrons. The molecule has 0 spiro atoms. The quantitative estimate of drug-likeness (QED) is 0.825. The number of alkyl halides is 3. The van der Waals surface area contributed by atoms with Gasteiger partial charge in [-0.1, -0.05) is 6.07 Å². The number of aliphatic hydroxyl groups is 1. The Labute approximate surface area is 103 Å². The Kier molecular flexibility index (Phi) is 5.43. The molecule has 0 heterocycles. The van der Waals surface area contributed by atoms with Crippen molar-refractivity contribution in [2.45, 2.75) is 12.6 Å². The summed E-state index contributed by atoms with van der Waals surface area (Å²) in [6.45, 7) is 0.492. The summed E-state index contributed by atoms with van der Waals surface area (Å²) in [6.07, 6.45) is -3.91. The molecular formula is C12H16F3NO2. The van der Waals surface area contributed by atoms with E-state index in [1.54, 1.807) is 0 Å². The van der Waals surface area contributed by atoms with Crippen LogP contribution in [0.1, 0.15) is 12.0 Å². The Bertz CT molecular complexity index is 369. The van der Waals surface area contributed by atoms with E-state index in [4.69, 9.17) is 15.6 Å². The van der Waals surface area contributed by atoms with Crippen LogP contribution in [0.5, 0.6) is 5.75 Å². The zero-order valence-electron chi connectivity index (χ0n) is 9.78. The van der Waals surface area contributed by atoms with Gasteiger partial charge in [0.15, 0.2) is 0 Å². The number of aliphatic hydroxyl groups excluding tert-OH is 1. The number of hydrogen-bond acceptors (Lipinski definition) is 3. The summed E-state index contributed by atoms with van der Waals surface area (Å²) in [5, 5.41) is 8.76. The van der Waals surface area contributed by atoms with Gasteiger partial charge in [0.2, 0.25) is 0 Å². The van der Waals surface area contributed by atoms with E-state index in [0.717, 1.165) is 12.1 Å². The van der Waals surface area contributed by atoms with Gasteiger partial charge in [0, 0.05) is 12.5 Å². The maximum Gasteiger partial charge on any atom is 0.416 e. The number of nitrogens with two attached hydrogens (primary N) is 1. The third-order valence-corrected chi connectivity index (χ3v) is 2.52. The molecule has 1 unspecified atom stereocenters. The second-order valence-electron chi connectivity index (χ2n) is 3.95. The molecule has 1 rings (SSSR count). The highest BCUT2D eigenvalue weighted by Crippen LogP contribution is 2.31. The van der Waals surface area contributed by atoms with E-state index in [0.29, 0.717) is 13.0 Å². The van der Waals surface area contributed by atoms with Crippen molar-refractivity contribution in [3.8, 4) is 5.75 Å². The Balaban J connectivity index is 2.62. The van der Waals surface area contributed by atoms with E-state index in [9.17, 15) is 13.2 Å². The molecule has 3 N–H and O–H groups in total. The standard InChI is InChI=1S/C12H16F3NO2/c13-12(14,15)10-2-1-3-11(6-10)18-8-9(7-16)4-5-17/h1-3,6,9,17H,4-5,7-8,16H2. The lowest BCUT2D eigenvalue weighted by atomic mass is 10.1. The molecule has 0 aromatic heterocycles. The summed E-state index contributed by atoms with van der Waals surface area (Å²) in [5.41, 5.74) is 4.71. The minimum atomic E-state index is -4.38. The van der Waals surface area contributed by atoms with Gasteiger partial charge >= 0.3 is 6.18 Å². The van der Waals surface area contributed by atoms with Crippen molar-refractivity contribution < 1.29 is 23.0 Å². The Hall–Kier alpha value is -1.27. The van der Waals surface area contributed by atoms with Gasteiger partial charge in [-0.3, -0.25) is 0 Å². The molecule has 0 saturated carbocycles. The molecule has 1 aromatic carbocycles. The van der Waals surface area contributed by atoms with Crippen molar-refractivity contribution in [3.63, 3.8) is 0 Å². The average Bonchev–Trinajstić information content (AvgIpc) is 2.34. The van der Waals surface area contributed by atoms with Gasteiger partial charge in [-0.2, -0.15) is 13.2 Å². The van der Waals surface area contributed by atoms with E-state index in [-0.39, 0.29) is 24.9 Å². The third kappa shape index (κ3) is 4.54. The maximum absolute atomic E-state index is 12.4. The van der Waals surface area contributed by atoms with Gasteiger partial charge in [0.1, 0.15) is 5.75 Å². The van der Waals surface area contributed by atoms with Crippen LogP contribution in [0.25, 0.3) is 0 Å². The summed E-state index contributed by atoms with van der Waals surface area (Å²) in [6, 6.07) is 4.69. The molecule has 1 atom stereocenters. The smallest absolute Gasteiger partial charge is 0.416 e. The third-order valence-electron chi connectivity index (χ3n) is 2.52. The first-order valence-corrected chi connectivity index (χ1v) is 5.58. The van der Waals surface area contributed by atoms with Crippen LogP contribution in [0.15, 0.2) is 24.3 Å². The van der Waals surface area contributed by atoms with Crippen molar-refractivity contribution in [1.82, 2.24) is 0 Å². The van der Waals surface area contributed by atoms with Gasteiger partial charge in [-0.25, -0.2) is 0 Å². The highest BCUT2D eigenvalue weighted by molar-refractivity contribution is 5.30. The molecule has 0 aliphatic carbocycles. The highest BCUT2D eigenvalue weighted by Gasteiger charge is 2.30. The van der Waals surface area contributed by atoms with Crippen LogP contribution >= 0.6 is 0 Å². The number of rotatable bonds is 6. The SMILES string of the molecule is NCC(CCO)COc1cccc(C(F)(F)F)c1. The molecule has 0 aliphatic rings. The van der Waals surface area contributed by atoms with Crippen LogP contribution in [-0.2, 0) is 6.18 Å². The van der Waals surface area contributed by atoms with E-state index < -0.39 is 11.7 Å². The Morgan fingerprint density at radius 3 is 2.61 bits per heavy atom. The molecule has 0 amide bonds. The molecule has 0 fully saturated rings. The largest absolute Gasteiger partial charge is 0.493 e. The monoisotopic (exact) mass is 263 g/mol. The fraction of sp³-hybridized carbons (Fsp3) is 0.500. The first-order valence-electron chi connectivity index (χ1n) is 5.58. The van der Waals surface area contributed by atoms with Crippen molar-refractivity contribution in [2.24, 2.45) is 11.7 Å². The summed E-state index contributed by atoms with van der Waals surface area (Å²) in [4.78, 5) is 0. The topological polar surface area (TPSA) is 55.5 Å². The molecule has 0 aliphatic heterocycles. The van der Waals surface area contributed by atoms with Crippen LogP contribution in [0.4, 0.5) is 13.2 Å². The zero-order chi connectivity index (χ0) is 13.6. The van der Waals surface area contributed by atoms with Crippen LogP contribution in [0, 0.1) is 5.92 Å². The minimum absolute atomic E-state index is 0.0200. The molecule has 18 heavy (non-hydrogen) atoms. The van der Waals surface area contributed by atoms with Crippen LogP contribution in [0.2, 0.25) is 0 Å². The number of ether oxygens (including phenoxy) is 1. The summed E-state index contributed by atoms with van der Waals surface area (Å²) in [7, 11) is 0. The molecule has 0 bridgehead atoms. The van der Waals surface area contributed by atoms with Crippen molar-refractivity contribution in [2.75, 3.05) is 19.8 Å². The summed E-state index contributed by atoms with van der Waals surface area (Å²) < 4.78 is 42.6. The van der Waals surface area contributed by atoms with E-state index >= 15 is 0 Å². The van der Waals surface area contributed by atoms with Crippen LogP contribution in [-0.4, -0.2) is 24.9 Å². The van der Waals surface area contributed by atoms with Gasteiger partial charge in [-0.15, -0.1) is 0 Å². The van der Waals surface area contributed by atoms with Crippen LogP contribution < -0.4 is 10.5 Å². The van der Waals surface area contributed by atoms with Gasteiger partial charge in [-0.05, 0) is 31.2 Å². The molecule has 1 aromatic rings. The molecule has 6 heteroatoms. The maximum atomic E-state index is 12.4. The van der Waals surface area contributed by atoms with E-state index in [2.05, 4.69) is 0 Å². The number of hydrogen-bond donors (Lipinski definition) is 2. The fourth-order valence-corrected chi connectivity index (χ4v) is 1.43. The van der Waals surface area contributed by atoms with E-state index in [1.807, 2.05) is 0 Å². The van der Waals surface area contributed by atoms with Crippen molar-refractivity contribution in [3.05, 3.63) is 29.8 Å². The predicted octanol–water partition coefficient (Wildman–Crippen LogP) is 2.04. The predicted molar refractivity (Wildman–Crippen MR) is 61.2 cm³/mol. The first kappa shape index (κ1) is 14.8. The summed E-state index contributed by atoms with van der Waals surface area (Å²) >= 11 is 0. The van der Waals surface area contributed by atoms with Crippen molar-refractivity contribution >= 4 is 0 Å². The van der Waals surface area contributed by atoms with Crippen molar-refractivity contribution in [1.29, 1.82) is 0 Å². The highest BCUT2D eigenvalue weighted by atomic mass is 19.4. The van der Waals surface area contributed by atoms with Gasteiger partial charge < -0.3 is 15.6 Å². The second-order valence-corrected chi connectivity index (χ2v) is 3.95. The molecule has 3 nitrogen and oxygen atoms in total. The normalized spacial score (nSPS) is 13.4. The number of benzene rings is 1. The fourth-order valence-electron chi connectivity index (χ4n) is 1.43. The first-order chi connectivity index (χ1) is 8.47. The molecule has 0 saturated heterocycles. The van der Waals surface area contributed by atoms with Gasteiger partial charge in [0.05, 0.1) is 12.2 Å². The Morgan fingerprint density at radius 2 is 2.06 bits per heavy atom. The molecule has 102 valence electrons. The lowest BCUT2D eigenvalue weighted by Gasteiger charge is -2.15. The average molecular weight is 263 g/mol. The summed E-state index contributed by atoms with van der Waals surface area (Å²) in [5.74, 6) is 0.0887. The van der Waals surface area contributed by atoms with Gasteiger partial charge in [0.25, 0.3) is 0 Å². The minimum Gasteiger partial charge on any atom is -0.493 e.